The first-order valence-corrected chi connectivity index (χ1v) is 6.68. The zero-order valence-corrected chi connectivity index (χ0v) is 11.6. The van der Waals surface area contributed by atoms with Crippen molar-refractivity contribution < 1.29 is 9.84 Å². The summed E-state index contributed by atoms with van der Waals surface area (Å²) in [4.78, 5) is 4.21. The molecular formula is C11H12Cl2N4O2. The summed E-state index contributed by atoms with van der Waals surface area (Å²) in [6, 6.07) is 0. The maximum Gasteiger partial charge on any atom is 0.179 e. The number of ether oxygens (including phenoxy) is 1. The van der Waals surface area contributed by atoms with Crippen LogP contribution in [0.2, 0.25) is 10.3 Å². The van der Waals surface area contributed by atoms with E-state index in [0.717, 1.165) is 6.42 Å². The summed E-state index contributed by atoms with van der Waals surface area (Å²) in [5.41, 5.74) is 1.11. The van der Waals surface area contributed by atoms with Crippen LogP contribution in [0.25, 0.3) is 11.0 Å². The first-order valence-electron chi connectivity index (χ1n) is 5.92. The molecule has 1 saturated heterocycles. The highest BCUT2D eigenvalue weighted by molar-refractivity contribution is 6.37. The Morgan fingerprint density at radius 2 is 2.16 bits per heavy atom. The number of imidazole rings is 1. The first kappa shape index (κ1) is 13.1. The van der Waals surface area contributed by atoms with Crippen molar-refractivity contribution in [3.8, 4) is 0 Å². The predicted molar refractivity (Wildman–Crippen MR) is 70.1 cm³/mol. The number of nitrogens with zero attached hydrogens (tertiary/aromatic N) is 4. The first-order chi connectivity index (χ1) is 9.11. The van der Waals surface area contributed by atoms with E-state index in [1.807, 2.05) is 0 Å². The summed E-state index contributed by atoms with van der Waals surface area (Å²) >= 11 is 12.0. The van der Waals surface area contributed by atoms with E-state index >= 15 is 0 Å². The van der Waals surface area contributed by atoms with Gasteiger partial charge in [-0.2, -0.15) is 0 Å². The van der Waals surface area contributed by atoms with Gasteiger partial charge in [0.2, 0.25) is 0 Å². The van der Waals surface area contributed by atoms with Gasteiger partial charge in [-0.3, -0.25) is 0 Å². The molecule has 0 aromatic carbocycles. The van der Waals surface area contributed by atoms with Crippen molar-refractivity contribution in [2.24, 2.45) is 5.92 Å². The van der Waals surface area contributed by atoms with Gasteiger partial charge in [-0.1, -0.05) is 30.1 Å². The number of aromatic nitrogens is 4. The highest BCUT2D eigenvalue weighted by Gasteiger charge is 2.34. The molecule has 8 heteroatoms. The molecule has 0 bridgehead atoms. The van der Waals surface area contributed by atoms with E-state index in [0.29, 0.717) is 11.0 Å². The van der Waals surface area contributed by atoms with Gasteiger partial charge in [-0.05, 0) is 6.42 Å². The van der Waals surface area contributed by atoms with E-state index in [2.05, 4.69) is 22.1 Å². The predicted octanol–water partition coefficient (Wildman–Crippen LogP) is 2.05. The number of hydrogen-bond acceptors (Lipinski definition) is 5. The van der Waals surface area contributed by atoms with Crippen LogP contribution in [-0.4, -0.2) is 37.6 Å². The molecule has 3 heterocycles. The minimum absolute atomic E-state index is 0.00175. The second-order valence-electron chi connectivity index (χ2n) is 4.67. The van der Waals surface area contributed by atoms with Crippen molar-refractivity contribution in [3.63, 3.8) is 0 Å². The smallest absolute Gasteiger partial charge is 0.179 e. The van der Waals surface area contributed by atoms with Crippen molar-refractivity contribution in [1.82, 2.24) is 19.7 Å². The number of rotatable bonds is 2. The van der Waals surface area contributed by atoms with Crippen LogP contribution in [0.4, 0.5) is 0 Å². The molecule has 0 spiro atoms. The molecule has 1 aliphatic heterocycles. The average molecular weight is 303 g/mol. The Kier molecular flexibility index (Phi) is 3.34. The fraction of sp³-hybridized carbons (Fsp3) is 0.545. The minimum Gasteiger partial charge on any atom is -0.394 e. The van der Waals surface area contributed by atoms with Crippen LogP contribution in [0.5, 0.6) is 0 Å². The van der Waals surface area contributed by atoms with Gasteiger partial charge in [0.15, 0.2) is 10.3 Å². The molecule has 1 fully saturated rings. The monoisotopic (exact) mass is 302 g/mol. The summed E-state index contributed by atoms with van der Waals surface area (Å²) < 4.78 is 7.60. The van der Waals surface area contributed by atoms with Crippen LogP contribution in [0, 0.1) is 5.92 Å². The standard InChI is InChI=1S/C11H12Cl2N4O2/c1-5-2-6(3-18)19-11(5)17-4-14-7-8(17)10(13)16-15-9(7)12/h4-6,11,18H,2-3H2,1H3/t5-,6-,11+/m0/s1. The fourth-order valence-corrected chi connectivity index (χ4v) is 2.87. The van der Waals surface area contributed by atoms with E-state index in [9.17, 15) is 5.11 Å². The van der Waals surface area contributed by atoms with Gasteiger partial charge < -0.3 is 14.4 Å². The Morgan fingerprint density at radius 3 is 2.84 bits per heavy atom. The molecule has 2 aromatic rings. The molecule has 1 aliphatic rings. The zero-order chi connectivity index (χ0) is 13.6. The molecule has 0 saturated carbocycles. The van der Waals surface area contributed by atoms with E-state index in [4.69, 9.17) is 27.9 Å². The number of aliphatic hydroxyl groups excluding tert-OH is 1. The van der Waals surface area contributed by atoms with Crippen LogP contribution < -0.4 is 0 Å². The molecule has 3 atom stereocenters. The van der Waals surface area contributed by atoms with Gasteiger partial charge >= 0.3 is 0 Å². The third-order valence-electron chi connectivity index (χ3n) is 3.34. The highest BCUT2D eigenvalue weighted by Crippen LogP contribution is 2.37. The van der Waals surface area contributed by atoms with Gasteiger partial charge in [0.25, 0.3) is 0 Å². The fourth-order valence-electron chi connectivity index (χ4n) is 2.47. The van der Waals surface area contributed by atoms with Crippen molar-refractivity contribution in [2.75, 3.05) is 6.61 Å². The van der Waals surface area contributed by atoms with Crippen LogP contribution in [0.3, 0.4) is 0 Å². The number of halogens is 2. The van der Waals surface area contributed by atoms with Gasteiger partial charge in [0.05, 0.1) is 19.0 Å². The molecule has 0 aliphatic carbocycles. The van der Waals surface area contributed by atoms with Crippen molar-refractivity contribution in [3.05, 3.63) is 16.6 Å². The van der Waals surface area contributed by atoms with Crippen LogP contribution in [0.1, 0.15) is 19.6 Å². The Bertz CT molecular complexity index is 618. The Balaban J connectivity index is 2.09. The average Bonchev–Trinajstić information content (AvgIpc) is 2.97. The number of hydrogen-bond donors (Lipinski definition) is 1. The Labute approximate surface area is 119 Å². The molecule has 102 valence electrons. The van der Waals surface area contributed by atoms with Crippen LogP contribution in [-0.2, 0) is 4.74 Å². The molecule has 19 heavy (non-hydrogen) atoms. The van der Waals surface area contributed by atoms with Gasteiger partial charge in [-0.15, -0.1) is 10.2 Å². The molecular weight excluding hydrogens is 291 g/mol. The molecule has 0 unspecified atom stereocenters. The summed E-state index contributed by atoms with van der Waals surface area (Å²) in [5, 5.41) is 17.2. The van der Waals surface area contributed by atoms with Gasteiger partial charge in [0, 0.05) is 5.92 Å². The van der Waals surface area contributed by atoms with Crippen molar-refractivity contribution in [2.45, 2.75) is 25.7 Å². The second kappa shape index (κ2) is 4.86. The number of aliphatic hydroxyl groups is 1. The third kappa shape index (κ3) is 2.08. The summed E-state index contributed by atoms with van der Waals surface area (Å²) in [6.45, 7) is 2.05. The summed E-state index contributed by atoms with van der Waals surface area (Å²) in [6.07, 6.45) is 2.00. The highest BCUT2D eigenvalue weighted by atomic mass is 35.5. The lowest BCUT2D eigenvalue weighted by atomic mass is 10.1. The quantitative estimate of drug-likeness (QED) is 0.919. The normalized spacial score (nSPS) is 27.3. The van der Waals surface area contributed by atoms with Crippen LogP contribution in [0.15, 0.2) is 6.33 Å². The van der Waals surface area contributed by atoms with Crippen LogP contribution >= 0.6 is 23.2 Å². The maximum absolute atomic E-state index is 9.19. The lowest BCUT2D eigenvalue weighted by Crippen LogP contribution is -2.15. The Hall–Kier alpha value is -0.950. The second-order valence-corrected chi connectivity index (χ2v) is 5.39. The minimum atomic E-state index is -0.236. The lowest BCUT2D eigenvalue weighted by molar-refractivity contribution is -0.0292. The molecule has 3 rings (SSSR count). The maximum atomic E-state index is 9.19. The van der Waals surface area contributed by atoms with E-state index in [1.165, 1.54) is 0 Å². The van der Waals surface area contributed by atoms with Gasteiger partial charge in [0.1, 0.15) is 17.3 Å². The zero-order valence-electron chi connectivity index (χ0n) is 10.1. The van der Waals surface area contributed by atoms with Crippen molar-refractivity contribution in [1.29, 1.82) is 0 Å². The number of fused-ring (bicyclic) bond motifs is 1. The Morgan fingerprint density at radius 1 is 1.42 bits per heavy atom. The molecule has 0 amide bonds. The molecule has 2 aromatic heterocycles. The van der Waals surface area contributed by atoms with E-state index in [-0.39, 0.29) is 35.2 Å². The van der Waals surface area contributed by atoms with Crippen molar-refractivity contribution >= 4 is 34.2 Å². The summed E-state index contributed by atoms with van der Waals surface area (Å²) in [7, 11) is 0. The molecule has 6 nitrogen and oxygen atoms in total. The molecule has 0 radical (unpaired) electrons. The molecule has 1 N–H and O–H groups in total. The lowest BCUT2D eigenvalue weighted by Gasteiger charge is -2.17. The third-order valence-corrected chi connectivity index (χ3v) is 3.85. The largest absolute Gasteiger partial charge is 0.394 e. The topological polar surface area (TPSA) is 73.1 Å². The van der Waals surface area contributed by atoms with Gasteiger partial charge in [-0.25, -0.2) is 4.98 Å². The SMILES string of the molecule is C[C@H]1C[C@@H](CO)O[C@H]1n1cnc2c(Cl)nnc(Cl)c21. The summed E-state index contributed by atoms with van der Waals surface area (Å²) in [5.74, 6) is 0.234. The van der Waals surface area contributed by atoms with E-state index < -0.39 is 0 Å². The van der Waals surface area contributed by atoms with E-state index in [1.54, 1.807) is 10.9 Å².